The average molecular weight is 474 g/mol. The first-order chi connectivity index (χ1) is 16.9. The Morgan fingerprint density at radius 3 is 2.74 bits per heavy atom. The summed E-state index contributed by atoms with van der Waals surface area (Å²) in [5, 5.41) is 5.23. The van der Waals surface area contributed by atoms with E-state index < -0.39 is 24.4 Å². The minimum atomic E-state index is -0.675. The number of benzene rings is 2. The number of carbonyl (C=O) groups excluding carboxylic acids is 3. The molecule has 0 unspecified atom stereocenters. The van der Waals surface area contributed by atoms with Gasteiger partial charge in [-0.1, -0.05) is 24.1 Å². The maximum absolute atomic E-state index is 12.9. The molecule has 0 atom stereocenters. The van der Waals surface area contributed by atoms with Gasteiger partial charge in [-0.25, -0.2) is 9.69 Å². The van der Waals surface area contributed by atoms with Gasteiger partial charge in [0, 0.05) is 11.3 Å². The predicted octanol–water partition coefficient (Wildman–Crippen LogP) is 3.67. The number of carbonyl (C=O) groups is 3. The SMILES string of the molecule is C#CCOc1c(CC=C)cc(/C=C2/NC(=O)N(CC(=O)Nc3cccc(C)c3)C2=O)cc1OCC. The van der Waals surface area contributed by atoms with E-state index >= 15 is 0 Å². The summed E-state index contributed by atoms with van der Waals surface area (Å²) < 4.78 is 11.4. The van der Waals surface area contributed by atoms with Crippen LogP contribution < -0.4 is 20.1 Å². The van der Waals surface area contributed by atoms with Gasteiger partial charge in [0.15, 0.2) is 11.5 Å². The number of imide groups is 1. The number of amides is 4. The normalized spacial score (nSPS) is 13.9. The van der Waals surface area contributed by atoms with Crippen molar-refractivity contribution >= 4 is 29.6 Å². The summed E-state index contributed by atoms with van der Waals surface area (Å²) in [7, 11) is 0. The summed E-state index contributed by atoms with van der Waals surface area (Å²) in [5.41, 5.74) is 2.97. The predicted molar refractivity (Wildman–Crippen MR) is 134 cm³/mol. The highest BCUT2D eigenvalue weighted by molar-refractivity contribution is 6.16. The molecule has 1 heterocycles. The largest absolute Gasteiger partial charge is 0.490 e. The van der Waals surface area contributed by atoms with E-state index in [9.17, 15) is 14.4 Å². The number of anilines is 1. The molecule has 3 rings (SSSR count). The maximum Gasteiger partial charge on any atom is 0.329 e. The zero-order valence-corrected chi connectivity index (χ0v) is 19.7. The Hall–Kier alpha value is -4.51. The van der Waals surface area contributed by atoms with E-state index in [-0.39, 0.29) is 12.3 Å². The summed E-state index contributed by atoms with van der Waals surface area (Å²) in [5.74, 6) is 2.30. The fraction of sp³-hybridized carbons (Fsp3) is 0.222. The zero-order valence-electron chi connectivity index (χ0n) is 19.7. The average Bonchev–Trinajstić information content (AvgIpc) is 3.06. The van der Waals surface area contributed by atoms with Gasteiger partial charge in [-0.3, -0.25) is 9.59 Å². The standard InChI is InChI=1S/C27H27N3O5/c1-5-9-20-14-19(16-23(34-7-3)25(20)35-12-6-2)15-22-26(32)30(27(33)29-22)17-24(31)28-21-11-8-10-18(4)13-21/h2,5,8,10-11,13-16H,1,7,9,12,17H2,3-4H3,(H,28,31)(H,29,33)/b22-15+. The van der Waals surface area contributed by atoms with Crippen LogP contribution in [-0.2, 0) is 16.0 Å². The Morgan fingerprint density at radius 1 is 1.26 bits per heavy atom. The second kappa shape index (κ2) is 11.6. The molecule has 180 valence electrons. The fourth-order valence-corrected chi connectivity index (χ4v) is 3.56. The van der Waals surface area contributed by atoms with Crippen LogP contribution in [0.2, 0.25) is 0 Å². The molecule has 35 heavy (non-hydrogen) atoms. The van der Waals surface area contributed by atoms with Crippen molar-refractivity contribution in [2.24, 2.45) is 0 Å². The molecular weight excluding hydrogens is 446 g/mol. The van der Waals surface area contributed by atoms with Crippen LogP contribution in [0, 0.1) is 19.3 Å². The van der Waals surface area contributed by atoms with Gasteiger partial charge < -0.3 is 20.1 Å². The molecule has 2 N–H and O–H groups in total. The number of hydrogen-bond donors (Lipinski definition) is 2. The Kier molecular flexibility index (Phi) is 8.30. The molecule has 4 amide bonds. The molecule has 1 fully saturated rings. The first-order valence-corrected chi connectivity index (χ1v) is 11.0. The molecule has 2 aromatic carbocycles. The van der Waals surface area contributed by atoms with Gasteiger partial charge in [-0.05, 0) is 61.7 Å². The smallest absolute Gasteiger partial charge is 0.329 e. The number of hydrogen-bond acceptors (Lipinski definition) is 5. The van der Waals surface area contributed by atoms with Gasteiger partial charge in [0.25, 0.3) is 5.91 Å². The highest BCUT2D eigenvalue weighted by Crippen LogP contribution is 2.35. The summed E-state index contributed by atoms with van der Waals surface area (Å²) in [6.07, 6.45) is 9.04. The van der Waals surface area contributed by atoms with Crippen molar-refractivity contribution in [3.8, 4) is 23.8 Å². The molecule has 0 aromatic heterocycles. The molecule has 0 spiro atoms. The van der Waals surface area contributed by atoms with Crippen LogP contribution in [0.15, 0.2) is 54.8 Å². The Bertz CT molecular complexity index is 1230. The number of nitrogens with one attached hydrogen (secondary N) is 2. The van der Waals surface area contributed by atoms with Crippen LogP contribution in [0.5, 0.6) is 11.5 Å². The molecule has 0 saturated carbocycles. The Morgan fingerprint density at radius 2 is 2.06 bits per heavy atom. The Labute approximate surface area is 204 Å². The van der Waals surface area contributed by atoms with Crippen molar-refractivity contribution in [3.63, 3.8) is 0 Å². The number of terminal acetylenes is 1. The van der Waals surface area contributed by atoms with Gasteiger partial charge in [-0.2, -0.15) is 0 Å². The first kappa shape index (κ1) is 25.1. The lowest BCUT2D eigenvalue weighted by atomic mass is 10.0. The van der Waals surface area contributed by atoms with Crippen molar-refractivity contribution in [1.82, 2.24) is 10.2 Å². The number of allylic oxidation sites excluding steroid dienone is 1. The lowest BCUT2D eigenvalue weighted by molar-refractivity contribution is -0.127. The van der Waals surface area contributed by atoms with E-state index in [1.807, 2.05) is 19.9 Å². The van der Waals surface area contributed by atoms with E-state index in [0.29, 0.717) is 35.8 Å². The van der Waals surface area contributed by atoms with Crippen molar-refractivity contribution in [3.05, 3.63) is 71.4 Å². The van der Waals surface area contributed by atoms with Crippen LogP contribution in [0.1, 0.15) is 23.6 Å². The van der Waals surface area contributed by atoms with E-state index in [2.05, 4.69) is 23.1 Å². The summed E-state index contributed by atoms with van der Waals surface area (Å²) in [6.45, 7) is 7.55. The minimum absolute atomic E-state index is 0.0441. The topological polar surface area (TPSA) is 97.0 Å². The first-order valence-electron chi connectivity index (χ1n) is 11.0. The molecule has 0 aliphatic carbocycles. The number of nitrogens with zero attached hydrogens (tertiary/aromatic N) is 1. The highest BCUT2D eigenvalue weighted by atomic mass is 16.5. The minimum Gasteiger partial charge on any atom is -0.490 e. The van der Waals surface area contributed by atoms with Crippen LogP contribution in [0.3, 0.4) is 0 Å². The van der Waals surface area contributed by atoms with Crippen LogP contribution >= 0.6 is 0 Å². The number of rotatable bonds is 10. The second-order valence-corrected chi connectivity index (χ2v) is 7.72. The molecule has 8 nitrogen and oxygen atoms in total. The Balaban J connectivity index is 1.83. The van der Waals surface area contributed by atoms with E-state index in [1.165, 1.54) is 6.08 Å². The van der Waals surface area contributed by atoms with Crippen molar-refractivity contribution in [2.75, 3.05) is 25.1 Å². The lowest BCUT2D eigenvalue weighted by Crippen LogP contribution is -2.38. The summed E-state index contributed by atoms with van der Waals surface area (Å²) >= 11 is 0. The monoisotopic (exact) mass is 473 g/mol. The molecule has 1 aliphatic rings. The molecule has 0 bridgehead atoms. The second-order valence-electron chi connectivity index (χ2n) is 7.72. The van der Waals surface area contributed by atoms with Crippen molar-refractivity contribution in [1.29, 1.82) is 0 Å². The van der Waals surface area contributed by atoms with Crippen LogP contribution in [0.4, 0.5) is 10.5 Å². The molecule has 2 aromatic rings. The highest BCUT2D eigenvalue weighted by Gasteiger charge is 2.35. The van der Waals surface area contributed by atoms with Gasteiger partial charge in [-0.15, -0.1) is 13.0 Å². The molecule has 0 radical (unpaired) electrons. The quantitative estimate of drug-likeness (QED) is 0.238. The van der Waals surface area contributed by atoms with Gasteiger partial charge >= 0.3 is 6.03 Å². The molecular formula is C27H27N3O5. The van der Waals surface area contributed by atoms with Crippen LogP contribution in [-0.4, -0.2) is 42.5 Å². The zero-order chi connectivity index (χ0) is 25.4. The third-order valence-electron chi connectivity index (χ3n) is 4.99. The van der Waals surface area contributed by atoms with Crippen molar-refractivity contribution < 1.29 is 23.9 Å². The van der Waals surface area contributed by atoms with Gasteiger partial charge in [0.05, 0.1) is 6.61 Å². The van der Waals surface area contributed by atoms with Crippen LogP contribution in [0.25, 0.3) is 6.08 Å². The van der Waals surface area contributed by atoms with Gasteiger partial charge in [0.1, 0.15) is 18.8 Å². The van der Waals surface area contributed by atoms with E-state index in [1.54, 1.807) is 36.4 Å². The lowest BCUT2D eigenvalue weighted by Gasteiger charge is -2.15. The molecule has 1 saturated heterocycles. The van der Waals surface area contributed by atoms with Crippen molar-refractivity contribution in [2.45, 2.75) is 20.3 Å². The van der Waals surface area contributed by atoms with Gasteiger partial charge in [0.2, 0.25) is 5.91 Å². The number of ether oxygens (including phenoxy) is 2. The summed E-state index contributed by atoms with van der Waals surface area (Å²) in [4.78, 5) is 38.6. The van der Waals surface area contributed by atoms with E-state index in [0.717, 1.165) is 16.0 Å². The van der Waals surface area contributed by atoms with E-state index in [4.69, 9.17) is 15.9 Å². The third-order valence-corrected chi connectivity index (χ3v) is 4.99. The third kappa shape index (κ3) is 6.30. The maximum atomic E-state index is 12.9. The number of urea groups is 1. The fourth-order valence-electron chi connectivity index (χ4n) is 3.56. The molecule has 1 aliphatic heterocycles. The summed E-state index contributed by atoms with van der Waals surface area (Å²) in [6, 6.07) is 10.1. The number of aryl methyl sites for hydroxylation is 1. The molecule has 8 heteroatoms.